The standard InChI is InChI=1S/C27H30Cl2N2O5/c1-26(2)35-17-22(36-26)23-27(24(32)30(23)14-11-18-9-10-20(28)21(29)15-18)12-6-13-31(27)25(33)34-16-19-7-4-3-5-8-19/h3-5,7-10,15,22-23H,6,11-14,16-17H2,1-2H3/t22-,23+,27-/m1/s1. The molecule has 3 aliphatic rings. The van der Waals surface area contributed by atoms with Crippen LogP contribution in [-0.2, 0) is 32.0 Å². The first-order valence-electron chi connectivity index (χ1n) is 12.3. The first-order valence-corrected chi connectivity index (χ1v) is 13.0. The predicted molar refractivity (Wildman–Crippen MR) is 136 cm³/mol. The number of hydrogen-bond acceptors (Lipinski definition) is 5. The lowest BCUT2D eigenvalue weighted by atomic mass is 9.73. The summed E-state index contributed by atoms with van der Waals surface area (Å²) >= 11 is 12.2. The monoisotopic (exact) mass is 532 g/mol. The number of amides is 2. The van der Waals surface area contributed by atoms with Crippen LogP contribution in [0.3, 0.4) is 0 Å². The zero-order valence-electron chi connectivity index (χ0n) is 20.4. The molecule has 0 aromatic heterocycles. The number of carbonyl (C=O) groups excluding carboxylic acids is 2. The molecule has 0 saturated carbocycles. The molecule has 0 aliphatic carbocycles. The predicted octanol–water partition coefficient (Wildman–Crippen LogP) is 5.07. The maximum absolute atomic E-state index is 13.8. The molecule has 2 aromatic carbocycles. The Kier molecular flexibility index (Phi) is 6.94. The van der Waals surface area contributed by atoms with E-state index in [0.717, 1.165) is 17.5 Å². The average Bonchev–Trinajstić information content (AvgIpc) is 3.47. The minimum atomic E-state index is -0.986. The van der Waals surface area contributed by atoms with E-state index in [1.165, 1.54) is 0 Å². The van der Waals surface area contributed by atoms with Crippen LogP contribution in [0.1, 0.15) is 37.8 Å². The van der Waals surface area contributed by atoms with E-state index in [1.54, 1.807) is 11.0 Å². The van der Waals surface area contributed by atoms with E-state index >= 15 is 0 Å². The first-order chi connectivity index (χ1) is 17.2. The van der Waals surface area contributed by atoms with Gasteiger partial charge in [0.05, 0.1) is 22.7 Å². The topological polar surface area (TPSA) is 68.3 Å². The van der Waals surface area contributed by atoms with E-state index in [9.17, 15) is 9.59 Å². The molecule has 2 amide bonds. The Hall–Kier alpha value is -2.32. The Bertz CT molecular complexity index is 1140. The quantitative estimate of drug-likeness (QED) is 0.486. The number of ether oxygens (including phenoxy) is 3. The second kappa shape index (κ2) is 9.86. The van der Waals surface area contributed by atoms with Crippen LogP contribution in [0, 0.1) is 0 Å². The van der Waals surface area contributed by atoms with Gasteiger partial charge in [-0.1, -0.05) is 59.6 Å². The van der Waals surface area contributed by atoms with Gasteiger partial charge in [0.25, 0.3) is 5.91 Å². The van der Waals surface area contributed by atoms with Gasteiger partial charge in [0, 0.05) is 13.1 Å². The number of rotatable bonds is 6. The van der Waals surface area contributed by atoms with Crippen LogP contribution in [-0.4, -0.2) is 65.0 Å². The van der Waals surface area contributed by atoms with Crippen LogP contribution in [0.2, 0.25) is 10.0 Å². The fraction of sp³-hybridized carbons (Fsp3) is 0.481. The maximum Gasteiger partial charge on any atom is 0.411 e. The summed E-state index contributed by atoms with van der Waals surface area (Å²) in [4.78, 5) is 30.5. The molecule has 3 aliphatic heterocycles. The fourth-order valence-corrected chi connectivity index (χ4v) is 6.00. The number of likely N-dealkylation sites (tertiary alicyclic amines) is 2. The number of halogens is 2. The third kappa shape index (κ3) is 4.58. The second-order valence-corrected chi connectivity index (χ2v) is 10.8. The van der Waals surface area contributed by atoms with E-state index in [0.29, 0.717) is 42.6 Å². The first kappa shape index (κ1) is 25.3. The molecular formula is C27H30Cl2N2O5. The summed E-state index contributed by atoms with van der Waals surface area (Å²) < 4.78 is 17.7. The van der Waals surface area contributed by atoms with Crippen LogP contribution in [0.15, 0.2) is 48.5 Å². The van der Waals surface area contributed by atoms with Crippen molar-refractivity contribution in [1.29, 1.82) is 0 Å². The van der Waals surface area contributed by atoms with Crippen molar-refractivity contribution in [1.82, 2.24) is 9.80 Å². The molecule has 2 aromatic rings. The molecule has 9 heteroatoms. The molecule has 3 fully saturated rings. The van der Waals surface area contributed by atoms with Gasteiger partial charge in [0.1, 0.15) is 18.2 Å². The van der Waals surface area contributed by atoms with Gasteiger partial charge in [-0.15, -0.1) is 0 Å². The molecule has 0 radical (unpaired) electrons. The van der Waals surface area contributed by atoms with Crippen molar-refractivity contribution < 1.29 is 23.8 Å². The maximum atomic E-state index is 13.8. The summed E-state index contributed by atoms with van der Waals surface area (Å²) in [6.07, 6.45) is 1.07. The summed E-state index contributed by atoms with van der Waals surface area (Å²) in [6.45, 7) is 5.16. The summed E-state index contributed by atoms with van der Waals surface area (Å²) in [6, 6.07) is 14.7. The lowest BCUT2D eigenvalue weighted by Crippen LogP contribution is -2.82. The van der Waals surface area contributed by atoms with Crippen molar-refractivity contribution in [2.75, 3.05) is 19.7 Å². The highest BCUT2D eigenvalue weighted by Gasteiger charge is 2.70. The Labute approximate surface area is 221 Å². The third-order valence-electron chi connectivity index (χ3n) is 7.31. The van der Waals surface area contributed by atoms with Gasteiger partial charge in [-0.25, -0.2) is 4.79 Å². The molecule has 3 atom stereocenters. The molecule has 7 nitrogen and oxygen atoms in total. The van der Waals surface area contributed by atoms with Crippen LogP contribution in [0.4, 0.5) is 4.79 Å². The molecule has 0 bridgehead atoms. The van der Waals surface area contributed by atoms with Gasteiger partial charge in [0.15, 0.2) is 5.79 Å². The Balaban J connectivity index is 1.36. The van der Waals surface area contributed by atoms with E-state index in [-0.39, 0.29) is 24.7 Å². The minimum Gasteiger partial charge on any atom is -0.445 e. The van der Waals surface area contributed by atoms with Gasteiger partial charge >= 0.3 is 6.09 Å². The molecule has 0 N–H and O–H groups in total. The van der Waals surface area contributed by atoms with Crippen molar-refractivity contribution in [3.05, 3.63) is 69.7 Å². The Morgan fingerprint density at radius 3 is 2.58 bits per heavy atom. The van der Waals surface area contributed by atoms with Gasteiger partial charge in [0.2, 0.25) is 0 Å². The number of hydrogen-bond donors (Lipinski definition) is 0. The van der Waals surface area contributed by atoms with E-state index in [1.807, 2.05) is 61.2 Å². The molecule has 5 rings (SSSR count). The van der Waals surface area contributed by atoms with Crippen molar-refractivity contribution >= 4 is 35.2 Å². The Morgan fingerprint density at radius 2 is 1.89 bits per heavy atom. The van der Waals surface area contributed by atoms with Crippen LogP contribution < -0.4 is 0 Å². The van der Waals surface area contributed by atoms with Crippen molar-refractivity contribution in [3.8, 4) is 0 Å². The van der Waals surface area contributed by atoms with Gasteiger partial charge in [-0.05, 0) is 56.4 Å². The number of carbonyl (C=O) groups is 2. The SMILES string of the molecule is CC1(C)OC[C@H]([C@@H]2N(CCc3ccc(Cl)c(Cl)c3)C(=O)[C@@]23CCCN3C(=O)OCc2ccccc2)O1. The zero-order chi connectivity index (χ0) is 25.5. The van der Waals surface area contributed by atoms with Gasteiger partial charge in [-0.3, -0.25) is 9.69 Å². The molecule has 3 heterocycles. The normalized spacial score (nSPS) is 26.9. The second-order valence-electron chi connectivity index (χ2n) is 10.0. The highest BCUT2D eigenvalue weighted by Crippen LogP contribution is 2.48. The van der Waals surface area contributed by atoms with Crippen molar-refractivity contribution in [3.63, 3.8) is 0 Å². The number of benzene rings is 2. The third-order valence-corrected chi connectivity index (χ3v) is 8.05. The zero-order valence-corrected chi connectivity index (χ0v) is 21.9. The van der Waals surface area contributed by atoms with Crippen LogP contribution >= 0.6 is 23.2 Å². The van der Waals surface area contributed by atoms with Crippen molar-refractivity contribution in [2.45, 2.75) is 63.2 Å². The summed E-state index contributed by atoms with van der Waals surface area (Å²) in [5.41, 5.74) is 0.888. The number of nitrogens with zero attached hydrogens (tertiary/aromatic N) is 2. The molecule has 0 unspecified atom stereocenters. The smallest absolute Gasteiger partial charge is 0.411 e. The molecule has 192 valence electrons. The van der Waals surface area contributed by atoms with Crippen LogP contribution in [0.5, 0.6) is 0 Å². The van der Waals surface area contributed by atoms with Gasteiger partial charge in [-0.2, -0.15) is 0 Å². The summed E-state index contributed by atoms with van der Waals surface area (Å²) in [5.74, 6) is -0.827. The van der Waals surface area contributed by atoms with Crippen molar-refractivity contribution in [2.24, 2.45) is 0 Å². The largest absolute Gasteiger partial charge is 0.445 e. The fourth-order valence-electron chi connectivity index (χ4n) is 5.68. The highest BCUT2D eigenvalue weighted by atomic mass is 35.5. The Morgan fingerprint density at radius 1 is 1.11 bits per heavy atom. The summed E-state index contributed by atoms with van der Waals surface area (Å²) in [7, 11) is 0. The minimum absolute atomic E-state index is 0.0740. The number of β-lactam (4-membered cyclic amide) rings is 1. The van der Waals surface area contributed by atoms with Crippen LogP contribution in [0.25, 0.3) is 0 Å². The molecular weight excluding hydrogens is 503 g/mol. The van der Waals surface area contributed by atoms with E-state index in [2.05, 4.69) is 0 Å². The average molecular weight is 533 g/mol. The molecule has 36 heavy (non-hydrogen) atoms. The lowest BCUT2D eigenvalue weighted by Gasteiger charge is -2.58. The highest BCUT2D eigenvalue weighted by molar-refractivity contribution is 6.42. The lowest BCUT2D eigenvalue weighted by molar-refractivity contribution is -0.195. The summed E-state index contributed by atoms with van der Waals surface area (Å²) in [5, 5.41) is 0.973. The van der Waals surface area contributed by atoms with E-state index in [4.69, 9.17) is 37.4 Å². The molecule has 3 saturated heterocycles. The molecule has 1 spiro atoms. The van der Waals surface area contributed by atoms with Gasteiger partial charge < -0.3 is 19.1 Å². The van der Waals surface area contributed by atoms with E-state index < -0.39 is 17.4 Å².